The maximum atomic E-state index is 9.87. The Balaban J connectivity index is 0. The second-order valence-electron chi connectivity index (χ2n) is 4.42. The summed E-state index contributed by atoms with van der Waals surface area (Å²) in [7, 11) is -9.98. The number of hydrogen-bond donors (Lipinski definition) is 0. The van der Waals surface area contributed by atoms with Gasteiger partial charge in [0.05, 0.1) is 12.5 Å². The molecule has 0 saturated carbocycles. The van der Waals surface area contributed by atoms with Gasteiger partial charge in [0.25, 0.3) is 0 Å². The molecule has 0 unspecified atom stereocenters. The predicted octanol–water partition coefficient (Wildman–Crippen LogP) is 6.61. The van der Waals surface area contributed by atoms with Crippen LogP contribution in [0.25, 0.3) is 0 Å². The Kier molecular flexibility index (Phi) is 8.30. The summed E-state index contributed by atoms with van der Waals surface area (Å²) >= 11 is 0. The van der Waals surface area contributed by atoms with Gasteiger partial charge in [0, 0.05) is 0 Å². The summed E-state index contributed by atoms with van der Waals surface area (Å²) in [4.78, 5) is 0. The molecule has 0 radical (unpaired) electrons. The van der Waals surface area contributed by atoms with Gasteiger partial charge in [-0.05, 0) is 23.7 Å². The van der Waals surface area contributed by atoms with Gasteiger partial charge in [-0.3, -0.25) is 0 Å². The first-order chi connectivity index (χ1) is 7.72. The van der Waals surface area contributed by atoms with Gasteiger partial charge in [0.2, 0.25) is 0 Å². The number of halogens is 6. The van der Waals surface area contributed by atoms with Crippen molar-refractivity contribution in [1.82, 2.24) is 0 Å². The average molecular weight is 320 g/mol. The van der Waals surface area contributed by atoms with Crippen LogP contribution in [0.2, 0.25) is 0 Å². The molecule has 0 aromatic heterocycles. The van der Waals surface area contributed by atoms with Crippen molar-refractivity contribution in [1.29, 1.82) is 0 Å². The van der Waals surface area contributed by atoms with E-state index in [1.54, 1.807) is 0 Å². The Morgan fingerprint density at radius 1 is 0.722 bits per heavy atom. The van der Waals surface area contributed by atoms with Gasteiger partial charge in [0.1, 0.15) is 5.75 Å². The molecule has 0 aliphatic rings. The fourth-order valence-corrected chi connectivity index (χ4v) is 1.95. The molecule has 0 fully saturated rings. The second-order valence-corrected chi connectivity index (χ2v) is 8.71. The van der Waals surface area contributed by atoms with E-state index in [4.69, 9.17) is 0 Å². The van der Waals surface area contributed by atoms with Crippen LogP contribution >= 0.6 is 7.81 Å². The van der Waals surface area contributed by atoms with E-state index in [1.165, 1.54) is 44.3 Å². The SMILES string of the molecule is CCCCCCCC[S+](C)C.F[P-](F)(F)(F)(F)F. The molecule has 0 aliphatic carbocycles. The zero-order chi connectivity index (χ0) is 14.9. The van der Waals surface area contributed by atoms with Crippen LogP contribution in [0, 0.1) is 0 Å². The Bertz CT molecular complexity index is 198. The van der Waals surface area contributed by atoms with Gasteiger partial charge < -0.3 is 0 Å². The van der Waals surface area contributed by atoms with Crippen molar-refractivity contribution in [2.75, 3.05) is 18.3 Å². The Hall–Kier alpha value is 0.360. The minimum absolute atomic E-state index is 0.677. The summed E-state index contributed by atoms with van der Waals surface area (Å²) in [6.45, 7) is 2.27. The van der Waals surface area contributed by atoms with Crippen molar-refractivity contribution in [2.24, 2.45) is 0 Å². The van der Waals surface area contributed by atoms with Crippen LogP contribution in [0.3, 0.4) is 0 Å². The van der Waals surface area contributed by atoms with E-state index < -0.39 is 7.81 Å². The quantitative estimate of drug-likeness (QED) is 0.214. The van der Waals surface area contributed by atoms with Crippen molar-refractivity contribution < 1.29 is 25.2 Å². The van der Waals surface area contributed by atoms with Crippen LogP contribution in [0.1, 0.15) is 45.4 Å². The predicted molar refractivity (Wildman–Crippen MR) is 71.0 cm³/mol. The van der Waals surface area contributed by atoms with E-state index in [-0.39, 0.29) is 0 Å². The van der Waals surface area contributed by atoms with E-state index in [2.05, 4.69) is 19.4 Å². The first-order valence-corrected chi connectivity index (χ1v) is 10.1. The van der Waals surface area contributed by atoms with E-state index in [1.807, 2.05) is 0 Å². The Morgan fingerprint density at radius 2 is 1.06 bits per heavy atom. The maximum absolute atomic E-state index is 10.7. The van der Waals surface area contributed by atoms with Crippen LogP contribution < -0.4 is 0 Å². The molecule has 0 amide bonds. The van der Waals surface area contributed by atoms with Crippen molar-refractivity contribution in [2.45, 2.75) is 45.4 Å². The summed E-state index contributed by atoms with van der Waals surface area (Å²) in [5.74, 6) is 1.45. The number of rotatable bonds is 7. The summed E-state index contributed by atoms with van der Waals surface area (Å²) in [6.07, 6.45) is 13.3. The number of hydrogen-bond acceptors (Lipinski definition) is 0. The molecule has 0 N–H and O–H groups in total. The van der Waals surface area contributed by atoms with E-state index in [0.29, 0.717) is 10.9 Å². The zero-order valence-electron chi connectivity index (χ0n) is 11.1. The number of unbranched alkanes of at least 4 members (excludes halogenated alkanes) is 5. The molecule has 0 aromatic carbocycles. The van der Waals surface area contributed by atoms with Crippen LogP contribution in [0.15, 0.2) is 0 Å². The fraction of sp³-hybridized carbons (Fsp3) is 1.00. The molecule has 0 atom stereocenters. The molecular formula is C10H23F6PS. The first-order valence-electron chi connectivity index (χ1n) is 5.83. The Morgan fingerprint density at radius 3 is 1.39 bits per heavy atom. The van der Waals surface area contributed by atoms with Gasteiger partial charge in [-0.1, -0.05) is 32.6 Å². The summed E-state index contributed by atoms with van der Waals surface area (Å²) in [5, 5.41) is 0. The van der Waals surface area contributed by atoms with Crippen LogP contribution in [0.5, 0.6) is 0 Å². The van der Waals surface area contributed by atoms with Gasteiger partial charge in [0.15, 0.2) is 0 Å². The van der Waals surface area contributed by atoms with Crippen molar-refractivity contribution in [3.8, 4) is 0 Å². The van der Waals surface area contributed by atoms with E-state index in [9.17, 15) is 25.2 Å². The van der Waals surface area contributed by atoms with Crippen LogP contribution in [-0.4, -0.2) is 18.3 Å². The molecule has 0 heterocycles. The van der Waals surface area contributed by atoms with Crippen molar-refractivity contribution in [3.05, 3.63) is 0 Å². The molecule has 0 aromatic rings. The molecule has 0 spiro atoms. The minimum atomic E-state index is -10.7. The van der Waals surface area contributed by atoms with Gasteiger partial charge in [-0.2, -0.15) is 0 Å². The summed E-state index contributed by atoms with van der Waals surface area (Å²) < 4.78 is 59.2. The monoisotopic (exact) mass is 320 g/mol. The third kappa shape index (κ3) is 55.2. The van der Waals surface area contributed by atoms with Crippen molar-refractivity contribution in [3.63, 3.8) is 0 Å². The van der Waals surface area contributed by atoms with Crippen LogP contribution in [-0.2, 0) is 10.9 Å². The first kappa shape index (κ1) is 20.7. The summed E-state index contributed by atoms with van der Waals surface area (Å²) in [5.41, 5.74) is 0. The normalized spacial score (nSPS) is 15.7. The second kappa shape index (κ2) is 7.22. The van der Waals surface area contributed by atoms with Crippen LogP contribution in [0.4, 0.5) is 25.2 Å². The molecule has 116 valence electrons. The van der Waals surface area contributed by atoms with E-state index >= 15 is 0 Å². The molecular weight excluding hydrogens is 297 g/mol. The summed E-state index contributed by atoms with van der Waals surface area (Å²) in [6, 6.07) is 0. The molecule has 0 aliphatic heterocycles. The average Bonchev–Trinajstić information content (AvgIpc) is 2.05. The molecule has 0 rings (SSSR count). The standard InChI is InChI=1S/C10H23S.F6P/c1-4-5-6-7-8-9-10-11(2)3;1-7(2,3,4,5)6/h4-10H2,1-3H3;/q+1;-1. The fourth-order valence-electron chi connectivity index (χ4n) is 1.17. The molecule has 8 heteroatoms. The molecule has 18 heavy (non-hydrogen) atoms. The third-order valence-corrected chi connectivity index (χ3v) is 3.01. The Labute approximate surface area is 108 Å². The van der Waals surface area contributed by atoms with Crippen molar-refractivity contribution >= 4 is 18.7 Å². The van der Waals surface area contributed by atoms with Gasteiger partial charge >= 0.3 is 33.0 Å². The zero-order valence-corrected chi connectivity index (χ0v) is 12.8. The molecule has 0 bridgehead atoms. The third-order valence-electron chi connectivity index (χ3n) is 1.91. The topological polar surface area (TPSA) is 0 Å². The molecule has 0 saturated heterocycles. The van der Waals surface area contributed by atoms with Gasteiger partial charge in [-0.25, -0.2) is 0 Å². The molecule has 0 nitrogen and oxygen atoms in total. The van der Waals surface area contributed by atoms with E-state index in [0.717, 1.165) is 0 Å². The van der Waals surface area contributed by atoms with Gasteiger partial charge in [-0.15, -0.1) is 0 Å².